The Kier molecular flexibility index (Phi) is 5.19. The summed E-state index contributed by atoms with van der Waals surface area (Å²) in [7, 11) is 0. The van der Waals surface area contributed by atoms with Gasteiger partial charge in [-0.15, -0.1) is 0 Å². The molecule has 2 heterocycles. The van der Waals surface area contributed by atoms with Crippen molar-refractivity contribution in [1.29, 1.82) is 0 Å². The number of piperidine rings is 1. The van der Waals surface area contributed by atoms with Crippen LogP contribution in [0.5, 0.6) is 0 Å². The molecule has 1 unspecified atom stereocenters. The number of amidine groups is 1. The van der Waals surface area contributed by atoms with Crippen molar-refractivity contribution in [3.05, 3.63) is 0 Å². The quantitative estimate of drug-likeness (QED) is 0.771. The van der Waals surface area contributed by atoms with E-state index in [4.69, 9.17) is 4.99 Å². The lowest BCUT2D eigenvalue weighted by molar-refractivity contribution is -0.141. The molecule has 1 atom stereocenters. The summed E-state index contributed by atoms with van der Waals surface area (Å²) in [5.41, 5.74) is -0.664. The van der Waals surface area contributed by atoms with Crippen molar-refractivity contribution in [3.63, 3.8) is 0 Å². The minimum Gasteiger partial charge on any atom is -0.339 e. The fraction of sp³-hybridized carbons (Fsp3) is 0.857. The highest BCUT2D eigenvalue weighted by atomic mass is 16.2. The van der Waals surface area contributed by atoms with Gasteiger partial charge in [0.2, 0.25) is 5.91 Å². The highest BCUT2D eigenvalue weighted by molar-refractivity contribution is 6.09. The average molecular weight is 362 g/mol. The number of rotatable bonds is 3. The molecule has 0 aromatic heterocycles. The summed E-state index contributed by atoms with van der Waals surface area (Å²) in [5.74, 6) is 1.44. The maximum Gasteiger partial charge on any atom is 0.257 e. The van der Waals surface area contributed by atoms with Gasteiger partial charge in [-0.1, -0.05) is 33.6 Å². The monoisotopic (exact) mass is 361 g/mol. The Bertz CT molecular complexity index is 599. The molecule has 1 saturated heterocycles. The highest BCUT2D eigenvalue weighted by Gasteiger charge is 2.52. The first-order chi connectivity index (χ1) is 12.1. The highest BCUT2D eigenvalue weighted by Crippen LogP contribution is 2.37. The largest absolute Gasteiger partial charge is 0.339 e. The van der Waals surface area contributed by atoms with E-state index >= 15 is 0 Å². The number of aliphatic imine (C=N–C) groups is 1. The van der Waals surface area contributed by atoms with Crippen LogP contribution < -0.4 is 0 Å². The Hall–Kier alpha value is -1.39. The van der Waals surface area contributed by atoms with Gasteiger partial charge in [-0.2, -0.15) is 0 Å². The van der Waals surface area contributed by atoms with Crippen LogP contribution in [0.4, 0.5) is 0 Å². The minimum atomic E-state index is -0.739. The van der Waals surface area contributed by atoms with Crippen LogP contribution in [0.3, 0.4) is 0 Å². The topological polar surface area (TPSA) is 53.0 Å². The van der Waals surface area contributed by atoms with Crippen molar-refractivity contribution in [2.75, 3.05) is 13.1 Å². The molecule has 3 aliphatic rings. The van der Waals surface area contributed by atoms with E-state index in [1.165, 1.54) is 0 Å². The molecular weight excluding hydrogens is 326 g/mol. The summed E-state index contributed by atoms with van der Waals surface area (Å²) in [6.45, 7) is 11.9. The zero-order valence-corrected chi connectivity index (χ0v) is 17.2. The normalized spacial score (nSPS) is 27.8. The van der Waals surface area contributed by atoms with Crippen molar-refractivity contribution in [2.24, 2.45) is 16.3 Å². The molecule has 0 bridgehead atoms. The van der Waals surface area contributed by atoms with E-state index in [9.17, 15) is 9.59 Å². The summed E-state index contributed by atoms with van der Waals surface area (Å²) in [4.78, 5) is 35.2. The molecule has 5 heteroatoms. The number of likely N-dealkylation sites (tertiary alicyclic amines) is 1. The van der Waals surface area contributed by atoms with Crippen LogP contribution in [0.2, 0.25) is 0 Å². The van der Waals surface area contributed by atoms with Gasteiger partial charge in [0.1, 0.15) is 5.84 Å². The molecule has 2 amide bonds. The van der Waals surface area contributed by atoms with Crippen molar-refractivity contribution < 1.29 is 9.59 Å². The zero-order valence-electron chi connectivity index (χ0n) is 17.2. The van der Waals surface area contributed by atoms with Crippen molar-refractivity contribution >= 4 is 17.6 Å². The number of carbonyl (C=O) groups excluding carboxylic acids is 2. The predicted octanol–water partition coefficient (Wildman–Crippen LogP) is 3.62. The van der Waals surface area contributed by atoms with Crippen LogP contribution >= 0.6 is 0 Å². The van der Waals surface area contributed by atoms with E-state index in [0.717, 1.165) is 57.3 Å². The fourth-order valence-corrected chi connectivity index (χ4v) is 4.74. The zero-order chi connectivity index (χ0) is 19.1. The molecule has 1 saturated carbocycles. The molecule has 5 nitrogen and oxygen atoms in total. The van der Waals surface area contributed by atoms with E-state index in [1.54, 1.807) is 0 Å². The molecule has 2 aliphatic heterocycles. The van der Waals surface area contributed by atoms with Crippen LogP contribution in [0.25, 0.3) is 0 Å². The van der Waals surface area contributed by atoms with Gasteiger partial charge >= 0.3 is 0 Å². The van der Waals surface area contributed by atoms with Crippen LogP contribution in [-0.4, -0.2) is 52.1 Å². The lowest BCUT2D eigenvalue weighted by atomic mass is 9.88. The summed E-state index contributed by atoms with van der Waals surface area (Å²) < 4.78 is 0. The van der Waals surface area contributed by atoms with Crippen molar-refractivity contribution in [1.82, 2.24) is 9.80 Å². The molecule has 1 spiro atoms. The number of hydrogen-bond donors (Lipinski definition) is 0. The first-order valence-corrected chi connectivity index (χ1v) is 10.3. The third-order valence-corrected chi connectivity index (χ3v) is 5.93. The molecule has 146 valence electrons. The van der Waals surface area contributed by atoms with Crippen LogP contribution in [0.1, 0.15) is 79.6 Å². The molecule has 26 heavy (non-hydrogen) atoms. The van der Waals surface area contributed by atoms with Gasteiger partial charge in [-0.25, -0.2) is 0 Å². The maximum absolute atomic E-state index is 13.4. The maximum atomic E-state index is 13.4. The van der Waals surface area contributed by atoms with Crippen LogP contribution in [-0.2, 0) is 9.59 Å². The standard InChI is InChI=1S/C21H35N3O2/c1-15(2)24-17(13-20(3,4)5)22-21(19(24)26)11-8-12-23(14-21)18(25)16-9-6-7-10-16/h15-16H,6-14H2,1-5H3. The second-order valence-electron chi connectivity index (χ2n) is 9.91. The third-order valence-electron chi connectivity index (χ3n) is 5.93. The van der Waals surface area contributed by atoms with Crippen molar-refractivity contribution in [2.45, 2.75) is 91.1 Å². The van der Waals surface area contributed by atoms with E-state index in [-0.39, 0.29) is 29.2 Å². The molecular formula is C21H35N3O2. The Labute approximate surface area is 158 Å². The van der Waals surface area contributed by atoms with Gasteiger partial charge in [0, 0.05) is 24.9 Å². The van der Waals surface area contributed by atoms with Crippen LogP contribution in [0.15, 0.2) is 4.99 Å². The average Bonchev–Trinajstić information content (AvgIpc) is 3.13. The molecule has 0 aromatic carbocycles. The first-order valence-electron chi connectivity index (χ1n) is 10.3. The van der Waals surface area contributed by atoms with Gasteiger partial charge in [0.05, 0.1) is 6.54 Å². The molecule has 3 rings (SSSR count). The third kappa shape index (κ3) is 3.67. The second-order valence-corrected chi connectivity index (χ2v) is 9.91. The number of carbonyl (C=O) groups is 2. The molecule has 0 N–H and O–H groups in total. The Balaban J connectivity index is 1.84. The summed E-state index contributed by atoms with van der Waals surface area (Å²) in [6.07, 6.45) is 6.74. The van der Waals surface area contributed by atoms with E-state index in [1.807, 2.05) is 9.80 Å². The lowest BCUT2D eigenvalue weighted by Crippen LogP contribution is -2.56. The van der Waals surface area contributed by atoms with Gasteiger partial charge in [-0.05, 0) is 44.9 Å². The summed E-state index contributed by atoms with van der Waals surface area (Å²) in [5, 5.41) is 0. The first kappa shape index (κ1) is 19.4. The smallest absolute Gasteiger partial charge is 0.257 e. The second kappa shape index (κ2) is 6.97. The number of amides is 2. The SMILES string of the molecule is CC(C)N1C(=O)C2(CCCN(C(=O)C3CCCC3)C2)N=C1CC(C)(C)C. The van der Waals surface area contributed by atoms with Crippen molar-refractivity contribution in [3.8, 4) is 0 Å². The Morgan fingerprint density at radius 2 is 1.88 bits per heavy atom. The van der Waals surface area contributed by atoms with Crippen LogP contribution in [0, 0.1) is 11.3 Å². The molecule has 1 aliphatic carbocycles. The minimum absolute atomic E-state index is 0.0752. The van der Waals surface area contributed by atoms with Gasteiger partial charge in [0.15, 0.2) is 5.54 Å². The van der Waals surface area contributed by atoms with Gasteiger partial charge in [0.25, 0.3) is 5.91 Å². The lowest BCUT2D eigenvalue weighted by Gasteiger charge is -2.38. The predicted molar refractivity (Wildman–Crippen MR) is 104 cm³/mol. The van der Waals surface area contributed by atoms with E-state index in [2.05, 4.69) is 34.6 Å². The van der Waals surface area contributed by atoms with Gasteiger partial charge < -0.3 is 4.90 Å². The fourth-order valence-electron chi connectivity index (χ4n) is 4.74. The van der Waals surface area contributed by atoms with E-state index < -0.39 is 5.54 Å². The summed E-state index contributed by atoms with van der Waals surface area (Å²) in [6, 6.07) is 0.101. The molecule has 2 fully saturated rings. The Morgan fingerprint density at radius 3 is 2.46 bits per heavy atom. The summed E-state index contributed by atoms with van der Waals surface area (Å²) >= 11 is 0. The number of hydrogen-bond acceptors (Lipinski definition) is 3. The van der Waals surface area contributed by atoms with E-state index in [0.29, 0.717) is 6.54 Å². The van der Waals surface area contributed by atoms with Gasteiger partial charge in [-0.3, -0.25) is 19.5 Å². The number of nitrogens with zero attached hydrogens (tertiary/aromatic N) is 3. The Morgan fingerprint density at radius 1 is 1.23 bits per heavy atom. The molecule has 0 radical (unpaired) electrons. The molecule has 0 aromatic rings.